The molecule has 2 heteroatoms. The van der Waals surface area contributed by atoms with Crippen LogP contribution in [0.25, 0.3) is 0 Å². The van der Waals surface area contributed by atoms with Crippen LogP contribution in [0.2, 0.25) is 0 Å². The highest BCUT2D eigenvalue weighted by Crippen LogP contribution is 2.36. The van der Waals surface area contributed by atoms with Gasteiger partial charge in [-0.05, 0) is 43.6 Å². The van der Waals surface area contributed by atoms with Crippen molar-refractivity contribution in [3.8, 4) is 0 Å². The van der Waals surface area contributed by atoms with E-state index in [0.717, 1.165) is 30.7 Å². The minimum atomic E-state index is -0.0664. The van der Waals surface area contributed by atoms with Crippen LogP contribution in [0.5, 0.6) is 0 Å². The standard InChI is InChI=1S/C17H31NO/c19-17(11-14-5-1-2-6-14)13-18-10-9-15-7-3-4-8-16(15)12-18/h14-17,19H,1-13H2. The molecule has 1 aliphatic heterocycles. The lowest BCUT2D eigenvalue weighted by atomic mass is 9.75. The number of nitrogens with zero attached hydrogens (tertiary/aromatic N) is 1. The van der Waals surface area contributed by atoms with Crippen LogP contribution in [0.1, 0.15) is 64.2 Å². The molecule has 2 saturated carbocycles. The second kappa shape index (κ2) is 6.58. The summed E-state index contributed by atoms with van der Waals surface area (Å²) >= 11 is 0. The third-order valence-electron chi connectivity index (χ3n) is 5.92. The molecular weight excluding hydrogens is 234 g/mol. The lowest BCUT2D eigenvalue weighted by molar-refractivity contribution is 0.0380. The summed E-state index contributed by atoms with van der Waals surface area (Å²) in [6.07, 6.45) is 13.7. The predicted molar refractivity (Wildman–Crippen MR) is 79.1 cm³/mol. The Morgan fingerprint density at radius 3 is 2.37 bits per heavy atom. The van der Waals surface area contributed by atoms with Crippen LogP contribution in [-0.4, -0.2) is 35.7 Å². The van der Waals surface area contributed by atoms with Gasteiger partial charge >= 0.3 is 0 Å². The highest BCUT2D eigenvalue weighted by Gasteiger charge is 2.31. The predicted octanol–water partition coefficient (Wildman–Crippen LogP) is 3.44. The van der Waals surface area contributed by atoms with E-state index < -0.39 is 0 Å². The lowest BCUT2D eigenvalue weighted by Crippen LogP contribution is -2.44. The second-order valence-corrected chi connectivity index (χ2v) is 7.39. The molecule has 3 aliphatic rings. The number of rotatable bonds is 4. The summed E-state index contributed by atoms with van der Waals surface area (Å²) in [7, 11) is 0. The van der Waals surface area contributed by atoms with Gasteiger partial charge in [0, 0.05) is 13.1 Å². The third-order valence-corrected chi connectivity index (χ3v) is 5.92. The smallest absolute Gasteiger partial charge is 0.0669 e. The van der Waals surface area contributed by atoms with Crippen LogP contribution in [0.3, 0.4) is 0 Å². The highest BCUT2D eigenvalue weighted by molar-refractivity contribution is 4.84. The van der Waals surface area contributed by atoms with Gasteiger partial charge in [-0.25, -0.2) is 0 Å². The maximum absolute atomic E-state index is 10.3. The Bertz CT molecular complexity index is 274. The quantitative estimate of drug-likeness (QED) is 0.841. The Kier molecular flexibility index (Phi) is 4.81. The Labute approximate surface area is 118 Å². The molecule has 3 rings (SSSR count). The molecule has 2 aliphatic carbocycles. The minimum Gasteiger partial charge on any atom is -0.392 e. The maximum atomic E-state index is 10.3. The van der Waals surface area contributed by atoms with Gasteiger partial charge in [0.05, 0.1) is 6.10 Å². The Balaban J connectivity index is 1.42. The molecule has 1 saturated heterocycles. The van der Waals surface area contributed by atoms with E-state index >= 15 is 0 Å². The average molecular weight is 265 g/mol. The SMILES string of the molecule is OC(CC1CCCC1)CN1CCC2CCCCC2C1. The fraction of sp³-hybridized carbons (Fsp3) is 1.00. The molecule has 1 heterocycles. The van der Waals surface area contributed by atoms with E-state index in [-0.39, 0.29) is 6.10 Å². The molecule has 0 bridgehead atoms. The number of aliphatic hydroxyl groups is 1. The molecule has 0 aromatic rings. The monoisotopic (exact) mass is 265 g/mol. The van der Waals surface area contributed by atoms with E-state index in [9.17, 15) is 5.11 Å². The fourth-order valence-corrected chi connectivity index (χ4v) is 4.85. The second-order valence-electron chi connectivity index (χ2n) is 7.39. The van der Waals surface area contributed by atoms with Crippen LogP contribution in [0.4, 0.5) is 0 Å². The van der Waals surface area contributed by atoms with E-state index in [1.807, 2.05) is 0 Å². The summed E-state index contributed by atoms with van der Waals surface area (Å²) in [5.41, 5.74) is 0. The van der Waals surface area contributed by atoms with Gasteiger partial charge in [0.25, 0.3) is 0 Å². The van der Waals surface area contributed by atoms with E-state index in [1.165, 1.54) is 70.9 Å². The molecule has 110 valence electrons. The van der Waals surface area contributed by atoms with Gasteiger partial charge in [-0.3, -0.25) is 0 Å². The molecule has 19 heavy (non-hydrogen) atoms. The van der Waals surface area contributed by atoms with E-state index in [0.29, 0.717) is 0 Å². The maximum Gasteiger partial charge on any atom is 0.0669 e. The number of hydrogen-bond acceptors (Lipinski definition) is 2. The molecule has 0 radical (unpaired) electrons. The van der Waals surface area contributed by atoms with Crippen LogP contribution >= 0.6 is 0 Å². The molecule has 3 unspecified atom stereocenters. The average Bonchev–Trinajstić information content (AvgIpc) is 2.91. The molecule has 2 nitrogen and oxygen atoms in total. The van der Waals surface area contributed by atoms with Crippen molar-refractivity contribution in [2.75, 3.05) is 19.6 Å². The van der Waals surface area contributed by atoms with Crippen LogP contribution in [-0.2, 0) is 0 Å². The van der Waals surface area contributed by atoms with E-state index in [2.05, 4.69) is 4.90 Å². The topological polar surface area (TPSA) is 23.5 Å². The number of likely N-dealkylation sites (tertiary alicyclic amines) is 1. The number of fused-ring (bicyclic) bond motifs is 1. The molecule has 0 spiro atoms. The molecule has 3 atom stereocenters. The van der Waals surface area contributed by atoms with Gasteiger partial charge in [-0.1, -0.05) is 44.9 Å². The van der Waals surface area contributed by atoms with Crippen molar-refractivity contribution in [2.45, 2.75) is 70.3 Å². The van der Waals surface area contributed by atoms with Crippen molar-refractivity contribution < 1.29 is 5.11 Å². The van der Waals surface area contributed by atoms with Crippen molar-refractivity contribution in [1.29, 1.82) is 0 Å². The Hall–Kier alpha value is -0.0800. The van der Waals surface area contributed by atoms with Crippen LogP contribution < -0.4 is 0 Å². The first-order valence-electron chi connectivity index (χ1n) is 8.71. The normalized spacial score (nSPS) is 35.2. The summed E-state index contributed by atoms with van der Waals surface area (Å²) in [5, 5.41) is 10.3. The summed E-state index contributed by atoms with van der Waals surface area (Å²) in [6, 6.07) is 0. The molecular formula is C17H31NO. The van der Waals surface area contributed by atoms with Crippen molar-refractivity contribution in [2.24, 2.45) is 17.8 Å². The summed E-state index contributed by atoms with van der Waals surface area (Å²) in [4.78, 5) is 2.56. The number of hydrogen-bond donors (Lipinski definition) is 1. The fourth-order valence-electron chi connectivity index (χ4n) is 4.85. The third kappa shape index (κ3) is 3.72. The van der Waals surface area contributed by atoms with Crippen LogP contribution in [0.15, 0.2) is 0 Å². The molecule has 3 fully saturated rings. The number of aliphatic hydroxyl groups excluding tert-OH is 1. The first kappa shape index (κ1) is 13.9. The first-order valence-corrected chi connectivity index (χ1v) is 8.71. The molecule has 0 amide bonds. The molecule has 0 aromatic carbocycles. The zero-order valence-corrected chi connectivity index (χ0v) is 12.4. The number of piperidine rings is 1. The van der Waals surface area contributed by atoms with Gasteiger partial charge in [0.2, 0.25) is 0 Å². The van der Waals surface area contributed by atoms with Gasteiger partial charge in [-0.15, -0.1) is 0 Å². The summed E-state index contributed by atoms with van der Waals surface area (Å²) in [6.45, 7) is 3.45. The van der Waals surface area contributed by atoms with Gasteiger partial charge in [-0.2, -0.15) is 0 Å². The zero-order valence-electron chi connectivity index (χ0n) is 12.4. The minimum absolute atomic E-state index is 0.0664. The first-order chi connectivity index (χ1) is 9.31. The summed E-state index contributed by atoms with van der Waals surface area (Å²) < 4.78 is 0. The van der Waals surface area contributed by atoms with Crippen molar-refractivity contribution in [3.63, 3.8) is 0 Å². The number of β-amino-alcohol motifs (C(OH)–C–C–N with tert-alkyl or cyclic N) is 1. The Morgan fingerprint density at radius 1 is 0.895 bits per heavy atom. The van der Waals surface area contributed by atoms with Crippen molar-refractivity contribution >= 4 is 0 Å². The molecule has 1 N–H and O–H groups in total. The van der Waals surface area contributed by atoms with Gasteiger partial charge < -0.3 is 10.0 Å². The van der Waals surface area contributed by atoms with Crippen molar-refractivity contribution in [3.05, 3.63) is 0 Å². The molecule has 0 aromatic heterocycles. The van der Waals surface area contributed by atoms with E-state index in [4.69, 9.17) is 0 Å². The Morgan fingerprint density at radius 2 is 1.58 bits per heavy atom. The highest BCUT2D eigenvalue weighted by atomic mass is 16.3. The largest absolute Gasteiger partial charge is 0.392 e. The zero-order chi connectivity index (χ0) is 13.1. The lowest BCUT2D eigenvalue weighted by Gasteiger charge is -2.42. The van der Waals surface area contributed by atoms with Crippen molar-refractivity contribution in [1.82, 2.24) is 4.90 Å². The van der Waals surface area contributed by atoms with E-state index in [1.54, 1.807) is 0 Å². The summed E-state index contributed by atoms with van der Waals surface area (Å²) in [5.74, 6) is 2.78. The van der Waals surface area contributed by atoms with Gasteiger partial charge in [0.1, 0.15) is 0 Å². The van der Waals surface area contributed by atoms with Gasteiger partial charge in [0.15, 0.2) is 0 Å². The van der Waals surface area contributed by atoms with Crippen LogP contribution in [0, 0.1) is 17.8 Å².